The van der Waals surface area contributed by atoms with Crippen molar-refractivity contribution in [3.63, 3.8) is 0 Å². The molecule has 6 atom stereocenters. The standard InChI is InChI=1S/C21H30N9O7P/c1-11(18(32)35-3)29-38(34,26-8-12-5-4-6-24-7-12)36-9-13-15(31)21(2,33)19(37-13)30-10-25-14-16(22)27-20(23)28-17(14)30/h4-7,10-11,13,15,19,31,33H,8-9H2,1-3H3,(H2,26,29,34)(H4,22,23,27,28)/t11-,13+,15-,19+,21-,38?/m0/s1. The third-order valence-corrected chi connectivity index (χ3v) is 7.84. The summed E-state index contributed by atoms with van der Waals surface area (Å²) in [4.78, 5) is 28.1. The maximum Gasteiger partial charge on any atom is 0.341 e. The fraction of sp³-hybridized carbons (Fsp3) is 0.476. The summed E-state index contributed by atoms with van der Waals surface area (Å²) in [6, 6.07) is 2.48. The lowest BCUT2D eigenvalue weighted by Gasteiger charge is -2.27. The van der Waals surface area contributed by atoms with Crippen LogP contribution >= 0.6 is 7.67 Å². The number of ether oxygens (including phenoxy) is 2. The molecule has 3 aromatic heterocycles. The van der Waals surface area contributed by atoms with Gasteiger partial charge in [0.1, 0.15) is 29.4 Å². The fourth-order valence-electron chi connectivity index (χ4n) is 3.99. The molecule has 0 radical (unpaired) electrons. The minimum atomic E-state index is -3.93. The molecule has 4 heterocycles. The molecule has 0 aliphatic carbocycles. The number of imidazole rings is 1. The van der Waals surface area contributed by atoms with Gasteiger partial charge in [0.15, 0.2) is 17.7 Å². The smallest absolute Gasteiger partial charge is 0.341 e. The Hall–Kier alpha value is -3.24. The molecule has 17 heteroatoms. The quantitative estimate of drug-likeness (QED) is 0.137. The van der Waals surface area contributed by atoms with E-state index in [0.717, 1.165) is 0 Å². The molecule has 4 rings (SSSR count). The molecule has 1 saturated heterocycles. The Morgan fingerprint density at radius 1 is 1.39 bits per heavy atom. The van der Waals surface area contributed by atoms with E-state index in [2.05, 4.69) is 30.1 Å². The van der Waals surface area contributed by atoms with Gasteiger partial charge in [-0.1, -0.05) is 6.07 Å². The number of anilines is 2. The summed E-state index contributed by atoms with van der Waals surface area (Å²) < 4.78 is 31.3. The Bertz CT molecular complexity index is 1340. The molecule has 206 valence electrons. The molecule has 0 bridgehead atoms. The van der Waals surface area contributed by atoms with Gasteiger partial charge in [-0.15, -0.1) is 0 Å². The number of fused-ring (bicyclic) bond motifs is 1. The lowest BCUT2D eigenvalue weighted by molar-refractivity contribution is -0.142. The summed E-state index contributed by atoms with van der Waals surface area (Å²) >= 11 is 0. The zero-order valence-corrected chi connectivity index (χ0v) is 21.8. The predicted octanol–water partition coefficient (Wildman–Crippen LogP) is -0.539. The average molecular weight is 552 g/mol. The fourth-order valence-corrected chi connectivity index (χ4v) is 5.61. The second-order valence-corrected chi connectivity index (χ2v) is 10.8. The van der Waals surface area contributed by atoms with Gasteiger partial charge in [-0.25, -0.2) is 15.2 Å². The third-order valence-electron chi connectivity index (χ3n) is 6.03. The topological polar surface area (TPSA) is 235 Å². The minimum absolute atomic E-state index is 0.0377. The van der Waals surface area contributed by atoms with E-state index in [4.69, 9.17) is 25.5 Å². The van der Waals surface area contributed by atoms with E-state index in [0.29, 0.717) is 5.56 Å². The molecule has 8 N–H and O–H groups in total. The first-order chi connectivity index (χ1) is 17.9. The summed E-state index contributed by atoms with van der Waals surface area (Å²) in [6.45, 7) is 2.47. The molecule has 1 fully saturated rings. The van der Waals surface area contributed by atoms with Crippen LogP contribution in [0.5, 0.6) is 0 Å². The van der Waals surface area contributed by atoms with E-state index in [1.54, 1.807) is 24.5 Å². The number of aliphatic hydroxyl groups is 2. The summed E-state index contributed by atoms with van der Waals surface area (Å²) in [5.74, 6) is -0.735. The highest BCUT2D eigenvalue weighted by Gasteiger charge is 2.54. The summed E-state index contributed by atoms with van der Waals surface area (Å²) in [5.41, 5.74) is 10.9. The van der Waals surface area contributed by atoms with Crippen molar-refractivity contribution < 1.29 is 33.6 Å². The van der Waals surface area contributed by atoms with Gasteiger partial charge in [-0.05, 0) is 25.5 Å². The molecular weight excluding hydrogens is 521 g/mol. The number of nitrogens with two attached hydrogens (primary N) is 2. The van der Waals surface area contributed by atoms with Crippen LogP contribution in [0.4, 0.5) is 11.8 Å². The molecule has 0 aromatic carbocycles. The van der Waals surface area contributed by atoms with Crippen LogP contribution in [0.15, 0.2) is 30.9 Å². The van der Waals surface area contributed by atoms with Gasteiger partial charge in [-0.3, -0.25) is 18.9 Å². The monoisotopic (exact) mass is 551 g/mol. The van der Waals surface area contributed by atoms with Crippen molar-refractivity contribution in [2.75, 3.05) is 25.2 Å². The number of nitrogen functional groups attached to an aromatic ring is 2. The number of methoxy groups -OCH3 is 1. The molecule has 3 aromatic rings. The molecular formula is C21H30N9O7P. The van der Waals surface area contributed by atoms with Gasteiger partial charge in [-0.2, -0.15) is 9.97 Å². The van der Waals surface area contributed by atoms with Gasteiger partial charge in [0.25, 0.3) is 0 Å². The predicted molar refractivity (Wildman–Crippen MR) is 134 cm³/mol. The summed E-state index contributed by atoms with van der Waals surface area (Å²) in [6.07, 6.45) is 0.680. The number of aromatic nitrogens is 5. The van der Waals surface area contributed by atoms with Crippen LogP contribution in [0.3, 0.4) is 0 Å². The van der Waals surface area contributed by atoms with Crippen LogP contribution in [0.2, 0.25) is 0 Å². The van der Waals surface area contributed by atoms with Gasteiger partial charge in [0, 0.05) is 18.9 Å². The number of pyridine rings is 1. The van der Waals surface area contributed by atoms with E-state index in [-0.39, 0.29) is 29.5 Å². The van der Waals surface area contributed by atoms with Gasteiger partial charge >= 0.3 is 13.6 Å². The van der Waals surface area contributed by atoms with E-state index < -0.39 is 50.3 Å². The Kier molecular flexibility index (Phi) is 7.94. The molecule has 1 unspecified atom stereocenters. The van der Waals surface area contributed by atoms with Gasteiger partial charge in [0.2, 0.25) is 5.95 Å². The largest absolute Gasteiger partial charge is 0.468 e. The van der Waals surface area contributed by atoms with Crippen molar-refractivity contribution in [3.05, 3.63) is 36.4 Å². The highest BCUT2D eigenvalue weighted by molar-refractivity contribution is 7.54. The molecule has 0 saturated carbocycles. The van der Waals surface area contributed by atoms with Crippen molar-refractivity contribution in [2.24, 2.45) is 0 Å². The van der Waals surface area contributed by atoms with Crippen molar-refractivity contribution in [1.29, 1.82) is 0 Å². The van der Waals surface area contributed by atoms with Gasteiger partial charge in [0.05, 0.1) is 20.0 Å². The van der Waals surface area contributed by atoms with Crippen LogP contribution in [0, 0.1) is 0 Å². The number of rotatable bonds is 10. The number of nitrogens with one attached hydrogen (secondary N) is 2. The second kappa shape index (κ2) is 10.9. The van der Waals surface area contributed by atoms with Crippen LogP contribution in [-0.2, 0) is 29.9 Å². The SMILES string of the molecule is COC(=O)[C@H](C)NP(=O)(NCc1cccnc1)OC[C@H]1O[C@@H](n2cnc3c(N)nc(N)nc32)[C@@](C)(O)[C@H]1O. The highest BCUT2D eigenvalue weighted by atomic mass is 31.2. The Labute approximate surface area is 217 Å². The Morgan fingerprint density at radius 2 is 2.16 bits per heavy atom. The van der Waals surface area contributed by atoms with Crippen LogP contribution in [0.1, 0.15) is 25.6 Å². The maximum atomic E-state index is 13.7. The molecule has 0 amide bonds. The molecule has 38 heavy (non-hydrogen) atoms. The van der Waals surface area contributed by atoms with E-state index in [1.165, 1.54) is 31.9 Å². The molecule has 1 aliphatic heterocycles. The maximum absolute atomic E-state index is 13.7. The lowest BCUT2D eigenvalue weighted by Crippen LogP contribution is -2.44. The van der Waals surface area contributed by atoms with Crippen molar-refractivity contribution >= 4 is 36.6 Å². The van der Waals surface area contributed by atoms with E-state index in [9.17, 15) is 19.6 Å². The van der Waals surface area contributed by atoms with Crippen molar-refractivity contribution in [3.8, 4) is 0 Å². The van der Waals surface area contributed by atoms with Crippen molar-refractivity contribution in [2.45, 2.75) is 50.5 Å². The summed E-state index contributed by atoms with van der Waals surface area (Å²) in [5, 5.41) is 27.4. The number of hydrogen-bond donors (Lipinski definition) is 6. The molecule has 1 aliphatic rings. The molecule has 16 nitrogen and oxygen atoms in total. The highest BCUT2D eigenvalue weighted by Crippen LogP contribution is 2.43. The van der Waals surface area contributed by atoms with Crippen LogP contribution in [0.25, 0.3) is 11.2 Å². The molecule has 0 spiro atoms. The first-order valence-corrected chi connectivity index (χ1v) is 13.1. The van der Waals surface area contributed by atoms with Gasteiger partial charge < -0.3 is 35.7 Å². The number of esters is 1. The second-order valence-electron chi connectivity index (χ2n) is 8.91. The normalized spacial score (nSPS) is 25.8. The third kappa shape index (κ3) is 5.61. The number of aliphatic hydroxyl groups excluding tert-OH is 1. The Morgan fingerprint density at radius 3 is 2.84 bits per heavy atom. The first kappa shape index (κ1) is 27.8. The van der Waals surface area contributed by atoms with E-state index in [1.807, 2.05) is 0 Å². The van der Waals surface area contributed by atoms with Crippen LogP contribution < -0.4 is 21.6 Å². The number of carbonyl (C=O) groups excluding carboxylic acids is 1. The zero-order chi connectivity index (χ0) is 27.7. The zero-order valence-electron chi connectivity index (χ0n) is 20.9. The number of nitrogens with zero attached hydrogens (tertiary/aromatic N) is 5. The average Bonchev–Trinajstić information content (AvgIpc) is 3.39. The van der Waals surface area contributed by atoms with E-state index >= 15 is 0 Å². The number of hydrogen-bond acceptors (Lipinski definition) is 13. The van der Waals surface area contributed by atoms with Crippen LogP contribution in [-0.4, -0.2) is 78.3 Å². The first-order valence-electron chi connectivity index (χ1n) is 11.5. The number of carbonyl (C=O) groups is 1. The summed E-state index contributed by atoms with van der Waals surface area (Å²) in [7, 11) is -2.73. The minimum Gasteiger partial charge on any atom is -0.468 e. The van der Waals surface area contributed by atoms with Crippen molar-refractivity contribution in [1.82, 2.24) is 34.7 Å². The lowest BCUT2D eigenvalue weighted by atomic mass is 9.96. The Balaban J connectivity index is 1.53.